The van der Waals surface area contributed by atoms with E-state index in [1.54, 1.807) is 35.6 Å². The lowest BCUT2D eigenvalue weighted by Crippen LogP contribution is -2.50. The zero-order chi connectivity index (χ0) is 22.3. The highest BCUT2D eigenvalue weighted by Gasteiger charge is 2.38. The van der Waals surface area contributed by atoms with Crippen LogP contribution in [0.2, 0.25) is 5.02 Å². The van der Waals surface area contributed by atoms with E-state index in [0.717, 1.165) is 16.8 Å². The number of ether oxygens (including phenoxy) is 1. The topological polar surface area (TPSA) is 57.7 Å². The third kappa shape index (κ3) is 4.23. The van der Waals surface area contributed by atoms with Gasteiger partial charge >= 0.3 is 6.09 Å². The van der Waals surface area contributed by atoms with Crippen LogP contribution < -0.4 is 5.43 Å². The second-order valence-corrected chi connectivity index (χ2v) is 9.02. The van der Waals surface area contributed by atoms with E-state index in [2.05, 4.69) is 10.4 Å². The molecule has 4 rings (SSSR count). The maximum Gasteiger partial charge on any atom is 0.414 e. The van der Waals surface area contributed by atoms with Crippen molar-refractivity contribution in [2.45, 2.75) is 39.3 Å². The Morgan fingerprint density at radius 1 is 1.26 bits per heavy atom. The van der Waals surface area contributed by atoms with Gasteiger partial charge in [0.1, 0.15) is 11.4 Å². The van der Waals surface area contributed by atoms with E-state index >= 15 is 0 Å². The van der Waals surface area contributed by atoms with E-state index in [0.29, 0.717) is 22.8 Å². The summed E-state index contributed by atoms with van der Waals surface area (Å²) in [4.78, 5) is 18.5. The number of hydrogen-bond acceptors (Lipinski definition) is 5. The molecule has 0 saturated heterocycles. The molecule has 31 heavy (non-hydrogen) atoms. The van der Waals surface area contributed by atoms with Crippen molar-refractivity contribution in [1.29, 1.82) is 0 Å². The molecule has 0 saturated carbocycles. The molecule has 1 aromatic carbocycles. The molecule has 3 heterocycles. The number of pyridine rings is 1. The number of carbonyl (C=O) groups excluding carboxylic acids is 1. The number of rotatable bonds is 2. The molecule has 6 nitrogen and oxygen atoms in total. The van der Waals surface area contributed by atoms with Gasteiger partial charge in [-0.2, -0.15) is 0 Å². The summed E-state index contributed by atoms with van der Waals surface area (Å²) in [7, 11) is 0. The Kier molecular flexibility index (Phi) is 5.39. The summed E-state index contributed by atoms with van der Waals surface area (Å²) >= 11 is 5.96. The maximum absolute atomic E-state index is 14.8. The van der Waals surface area contributed by atoms with Crippen LogP contribution in [0.3, 0.4) is 0 Å². The average Bonchev–Trinajstić information content (AvgIpc) is 3.04. The van der Waals surface area contributed by atoms with Gasteiger partial charge in [-0.1, -0.05) is 11.6 Å². The Morgan fingerprint density at radius 2 is 1.97 bits per heavy atom. The second kappa shape index (κ2) is 7.89. The molecule has 162 valence electrons. The first-order chi connectivity index (χ1) is 14.6. The number of aromatic nitrogens is 1. The fourth-order valence-electron chi connectivity index (χ4n) is 3.65. The van der Waals surface area contributed by atoms with Crippen molar-refractivity contribution in [3.63, 3.8) is 0 Å². The first-order valence-electron chi connectivity index (χ1n) is 10.0. The van der Waals surface area contributed by atoms with E-state index in [4.69, 9.17) is 16.3 Å². The molecule has 1 atom stereocenters. The molecule has 0 radical (unpaired) electrons. The molecule has 0 spiro atoms. The fourth-order valence-corrected chi connectivity index (χ4v) is 3.81. The van der Waals surface area contributed by atoms with Crippen LogP contribution >= 0.6 is 11.6 Å². The van der Waals surface area contributed by atoms with Gasteiger partial charge in [-0.15, -0.1) is 0 Å². The van der Waals surface area contributed by atoms with Gasteiger partial charge in [0.15, 0.2) is 0 Å². The number of halogens is 2. The molecular formula is C23H24ClFN4O2. The molecule has 2 aliphatic rings. The predicted octanol–water partition coefficient (Wildman–Crippen LogP) is 5.04. The molecule has 0 aliphatic carbocycles. The van der Waals surface area contributed by atoms with Crippen molar-refractivity contribution >= 4 is 29.0 Å². The minimum absolute atomic E-state index is 0.154. The van der Waals surface area contributed by atoms with Crippen molar-refractivity contribution in [1.82, 2.24) is 20.3 Å². The van der Waals surface area contributed by atoms with E-state index in [9.17, 15) is 9.18 Å². The van der Waals surface area contributed by atoms with Crippen LogP contribution in [-0.4, -0.2) is 39.2 Å². The number of fused-ring (bicyclic) bond motifs is 1. The summed E-state index contributed by atoms with van der Waals surface area (Å²) in [6, 6.07) is 8.14. The number of nitrogens with zero attached hydrogens (tertiary/aromatic N) is 3. The number of amides is 1. The number of hydrogen-bond donors (Lipinski definition) is 1. The summed E-state index contributed by atoms with van der Waals surface area (Å²) in [5.74, 6) is -0.431. The fraction of sp³-hybridized carbons (Fsp3) is 0.304. The largest absolute Gasteiger partial charge is 0.443 e. The highest BCUT2D eigenvalue weighted by molar-refractivity contribution is 6.30. The van der Waals surface area contributed by atoms with Crippen LogP contribution in [0.1, 0.15) is 38.8 Å². The molecule has 8 heteroatoms. The van der Waals surface area contributed by atoms with Crippen molar-refractivity contribution in [2.24, 2.45) is 0 Å². The molecule has 2 aliphatic heterocycles. The van der Waals surface area contributed by atoms with Gasteiger partial charge in [0.05, 0.1) is 24.0 Å². The molecule has 1 aromatic heterocycles. The third-order valence-electron chi connectivity index (χ3n) is 5.00. The van der Waals surface area contributed by atoms with Crippen LogP contribution in [0, 0.1) is 5.82 Å². The van der Waals surface area contributed by atoms with Gasteiger partial charge in [-0.3, -0.25) is 20.3 Å². The van der Waals surface area contributed by atoms with Crippen LogP contribution in [0.15, 0.2) is 54.6 Å². The zero-order valence-electron chi connectivity index (χ0n) is 17.8. The van der Waals surface area contributed by atoms with Gasteiger partial charge in [0, 0.05) is 34.8 Å². The number of benzene rings is 1. The Hall–Kier alpha value is -3.06. The quantitative estimate of drug-likeness (QED) is 0.705. The highest BCUT2D eigenvalue weighted by Crippen LogP contribution is 2.40. The van der Waals surface area contributed by atoms with Gasteiger partial charge in [-0.05, 0) is 63.6 Å². The Balaban J connectivity index is 1.84. The monoisotopic (exact) mass is 442 g/mol. The van der Waals surface area contributed by atoms with Crippen molar-refractivity contribution in [2.75, 3.05) is 6.54 Å². The molecule has 1 N–H and O–H groups in total. The summed E-state index contributed by atoms with van der Waals surface area (Å²) in [6.07, 6.45) is 4.69. The minimum Gasteiger partial charge on any atom is -0.443 e. The van der Waals surface area contributed by atoms with E-state index < -0.39 is 17.5 Å². The van der Waals surface area contributed by atoms with Crippen LogP contribution in [0.4, 0.5) is 9.18 Å². The van der Waals surface area contributed by atoms with Crippen molar-refractivity contribution < 1.29 is 13.9 Å². The molecule has 1 amide bonds. The maximum atomic E-state index is 14.8. The standard InChI is InChI=1S/C23H24ClFN4O2/c1-14-12-29-19(13-28(14)22(30)31-23(2,3)4)20(15-7-9-26-10-8-15)21(27-29)17-6-5-16(24)11-18(17)25/h5-11,13-14,27H,12H2,1-4H3/t14-/m1/s1. The van der Waals surface area contributed by atoms with Gasteiger partial charge in [-0.25, -0.2) is 9.18 Å². The normalized spacial score (nSPS) is 18.5. The summed E-state index contributed by atoms with van der Waals surface area (Å²) in [5, 5.41) is 2.25. The zero-order valence-corrected chi connectivity index (χ0v) is 18.6. The highest BCUT2D eigenvalue weighted by atomic mass is 35.5. The van der Waals surface area contributed by atoms with Crippen LogP contribution in [0.25, 0.3) is 11.3 Å². The van der Waals surface area contributed by atoms with Crippen LogP contribution in [0.5, 0.6) is 0 Å². The van der Waals surface area contributed by atoms with Gasteiger partial charge in [0.25, 0.3) is 0 Å². The third-order valence-corrected chi connectivity index (χ3v) is 5.24. The molecule has 2 aromatic rings. The SMILES string of the molecule is C[C@@H]1CN2NC(c3ccc(Cl)cc3F)=C(c3ccncc3)C2=CN1C(=O)OC(C)(C)C. The average molecular weight is 443 g/mol. The summed E-state index contributed by atoms with van der Waals surface area (Å²) in [6.45, 7) is 7.93. The second-order valence-electron chi connectivity index (χ2n) is 8.58. The molecule has 0 bridgehead atoms. The van der Waals surface area contributed by atoms with Crippen molar-refractivity contribution in [3.8, 4) is 0 Å². The van der Waals surface area contributed by atoms with E-state index in [-0.39, 0.29) is 6.04 Å². The van der Waals surface area contributed by atoms with E-state index in [1.165, 1.54) is 6.07 Å². The number of allylic oxidation sites excluding steroid dienone is 1. The lowest BCUT2D eigenvalue weighted by molar-refractivity contribution is 0.0221. The van der Waals surface area contributed by atoms with Crippen molar-refractivity contribution in [3.05, 3.63) is 76.6 Å². The molecule has 0 fully saturated rings. The number of carbonyl (C=O) groups is 1. The van der Waals surface area contributed by atoms with Crippen LogP contribution in [-0.2, 0) is 4.74 Å². The number of hydrazine groups is 1. The molecular weight excluding hydrogens is 419 g/mol. The predicted molar refractivity (Wildman–Crippen MR) is 118 cm³/mol. The minimum atomic E-state index is -0.609. The summed E-state index contributed by atoms with van der Waals surface area (Å²) in [5.41, 5.74) is 6.07. The van der Waals surface area contributed by atoms with E-state index in [1.807, 2.05) is 44.8 Å². The Morgan fingerprint density at radius 3 is 2.61 bits per heavy atom. The smallest absolute Gasteiger partial charge is 0.414 e. The lowest BCUT2D eigenvalue weighted by Gasteiger charge is -2.37. The Bertz CT molecular complexity index is 1080. The van der Waals surface area contributed by atoms with Gasteiger partial charge < -0.3 is 4.74 Å². The summed E-state index contributed by atoms with van der Waals surface area (Å²) < 4.78 is 20.4. The molecule has 0 unspecified atom stereocenters. The lowest BCUT2D eigenvalue weighted by atomic mass is 9.98. The number of nitrogens with one attached hydrogen (secondary N) is 1. The first kappa shape index (κ1) is 21.2. The Labute approximate surface area is 185 Å². The van der Waals surface area contributed by atoms with Gasteiger partial charge in [0.2, 0.25) is 0 Å². The first-order valence-corrected chi connectivity index (χ1v) is 10.4.